The first-order valence-corrected chi connectivity index (χ1v) is 4.79. The highest BCUT2D eigenvalue weighted by Crippen LogP contribution is 2.11. The molecule has 14 heavy (non-hydrogen) atoms. The van der Waals surface area contributed by atoms with Gasteiger partial charge in [-0.25, -0.2) is 0 Å². The predicted molar refractivity (Wildman–Crippen MR) is 48.6 cm³/mol. The average molecular weight is 201 g/mol. The molecule has 1 N–H and O–H groups in total. The highest BCUT2D eigenvalue weighted by Gasteiger charge is 2.23. The third kappa shape index (κ3) is 3.33. The van der Waals surface area contributed by atoms with Crippen molar-refractivity contribution in [1.82, 2.24) is 5.32 Å². The van der Waals surface area contributed by atoms with E-state index < -0.39 is 5.97 Å². The van der Waals surface area contributed by atoms with E-state index in [4.69, 9.17) is 4.74 Å². The van der Waals surface area contributed by atoms with Crippen LogP contribution in [0.5, 0.6) is 0 Å². The lowest BCUT2D eigenvalue weighted by Gasteiger charge is -2.09. The summed E-state index contributed by atoms with van der Waals surface area (Å²) >= 11 is 0. The first-order chi connectivity index (χ1) is 6.74. The summed E-state index contributed by atoms with van der Waals surface area (Å²) < 4.78 is 9.80. The van der Waals surface area contributed by atoms with Crippen molar-refractivity contribution < 1.29 is 19.1 Å². The van der Waals surface area contributed by atoms with Crippen LogP contribution >= 0.6 is 0 Å². The molecule has 1 heterocycles. The van der Waals surface area contributed by atoms with Crippen LogP contribution in [0.2, 0.25) is 0 Å². The molecule has 0 spiro atoms. The number of esters is 1. The van der Waals surface area contributed by atoms with Gasteiger partial charge in [0.05, 0.1) is 6.61 Å². The Morgan fingerprint density at radius 2 is 2.36 bits per heavy atom. The van der Waals surface area contributed by atoms with E-state index in [-0.39, 0.29) is 18.6 Å². The van der Waals surface area contributed by atoms with Gasteiger partial charge in [0, 0.05) is 6.61 Å². The SMILES string of the molecule is CCOC(=O)CNC(=O)[C@H]1CCCO1. The molecule has 0 aromatic rings. The summed E-state index contributed by atoms with van der Waals surface area (Å²) in [4.78, 5) is 22.2. The molecule has 1 rings (SSSR count). The molecule has 1 amide bonds. The first-order valence-electron chi connectivity index (χ1n) is 4.79. The zero-order valence-corrected chi connectivity index (χ0v) is 8.25. The van der Waals surface area contributed by atoms with Crippen molar-refractivity contribution in [1.29, 1.82) is 0 Å². The number of carbonyl (C=O) groups is 2. The van der Waals surface area contributed by atoms with Crippen molar-refractivity contribution in [2.45, 2.75) is 25.9 Å². The van der Waals surface area contributed by atoms with Gasteiger partial charge >= 0.3 is 5.97 Å². The lowest BCUT2D eigenvalue weighted by Crippen LogP contribution is -2.37. The Hall–Kier alpha value is -1.10. The molecule has 0 bridgehead atoms. The number of nitrogens with one attached hydrogen (secondary N) is 1. The second kappa shape index (κ2) is 5.59. The Morgan fingerprint density at radius 3 is 2.93 bits per heavy atom. The number of rotatable bonds is 4. The lowest BCUT2D eigenvalue weighted by atomic mass is 10.2. The maximum absolute atomic E-state index is 11.3. The van der Waals surface area contributed by atoms with E-state index in [1.165, 1.54) is 0 Å². The van der Waals surface area contributed by atoms with Crippen LogP contribution in [0, 0.1) is 0 Å². The summed E-state index contributed by atoms with van der Waals surface area (Å²) in [6.07, 6.45) is 1.25. The standard InChI is InChI=1S/C9H15NO4/c1-2-13-8(11)6-10-9(12)7-4-3-5-14-7/h7H,2-6H2,1H3,(H,10,12)/t7-/m1/s1. The molecule has 0 aromatic carbocycles. The van der Waals surface area contributed by atoms with Gasteiger partial charge in [0.1, 0.15) is 12.6 Å². The third-order valence-electron chi connectivity index (χ3n) is 1.93. The van der Waals surface area contributed by atoms with Gasteiger partial charge in [0.15, 0.2) is 0 Å². The fraction of sp³-hybridized carbons (Fsp3) is 0.778. The molecular weight excluding hydrogens is 186 g/mol. The largest absolute Gasteiger partial charge is 0.465 e. The van der Waals surface area contributed by atoms with Gasteiger partial charge in [-0.15, -0.1) is 0 Å². The van der Waals surface area contributed by atoms with Gasteiger partial charge in [-0.2, -0.15) is 0 Å². The number of carbonyl (C=O) groups excluding carboxylic acids is 2. The second-order valence-electron chi connectivity index (χ2n) is 3.02. The summed E-state index contributed by atoms with van der Waals surface area (Å²) in [5, 5.41) is 2.47. The summed E-state index contributed by atoms with van der Waals surface area (Å²) in [5.74, 6) is -0.644. The van der Waals surface area contributed by atoms with Crippen molar-refractivity contribution >= 4 is 11.9 Å². The molecule has 0 radical (unpaired) electrons. The molecule has 1 saturated heterocycles. The van der Waals surface area contributed by atoms with Crippen molar-refractivity contribution in [3.05, 3.63) is 0 Å². The number of hydrogen-bond donors (Lipinski definition) is 1. The van der Waals surface area contributed by atoms with Gasteiger partial charge in [-0.1, -0.05) is 0 Å². The smallest absolute Gasteiger partial charge is 0.325 e. The van der Waals surface area contributed by atoms with Gasteiger partial charge in [-0.05, 0) is 19.8 Å². The highest BCUT2D eigenvalue weighted by molar-refractivity contribution is 5.85. The molecule has 5 heteroatoms. The van der Waals surface area contributed by atoms with E-state index in [1.807, 2.05) is 0 Å². The lowest BCUT2D eigenvalue weighted by molar-refractivity contribution is -0.144. The zero-order chi connectivity index (χ0) is 10.4. The molecular formula is C9H15NO4. The van der Waals surface area contributed by atoms with Crippen molar-refractivity contribution in [2.75, 3.05) is 19.8 Å². The fourth-order valence-corrected chi connectivity index (χ4v) is 1.27. The quantitative estimate of drug-likeness (QED) is 0.642. The van der Waals surface area contributed by atoms with Gasteiger partial charge < -0.3 is 14.8 Å². The van der Waals surface area contributed by atoms with E-state index in [2.05, 4.69) is 10.1 Å². The monoisotopic (exact) mass is 201 g/mol. The topological polar surface area (TPSA) is 64.6 Å². The fourth-order valence-electron chi connectivity index (χ4n) is 1.27. The van der Waals surface area contributed by atoms with E-state index in [0.717, 1.165) is 12.8 Å². The van der Waals surface area contributed by atoms with Gasteiger partial charge in [0.2, 0.25) is 5.91 Å². The molecule has 1 aliphatic heterocycles. The Morgan fingerprint density at radius 1 is 1.57 bits per heavy atom. The third-order valence-corrected chi connectivity index (χ3v) is 1.93. The van der Waals surface area contributed by atoms with Gasteiger partial charge in [0.25, 0.3) is 0 Å². The second-order valence-corrected chi connectivity index (χ2v) is 3.02. The molecule has 0 aromatic heterocycles. The minimum Gasteiger partial charge on any atom is -0.465 e. The van der Waals surface area contributed by atoms with Crippen molar-refractivity contribution in [2.24, 2.45) is 0 Å². The number of hydrogen-bond acceptors (Lipinski definition) is 4. The van der Waals surface area contributed by atoms with Crippen LogP contribution in [0.15, 0.2) is 0 Å². The number of ether oxygens (including phenoxy) is 2. The molecule has 5 nitrogen and oxygen atoms in total. The maximum Gasteiger partial charge on any atom is 0.325 e. The van der Waals surface area contributed by atoms with Crippen LogP contribution < -0.4 is 5.32 Å². The Bertz CT molecular complexity index is 211. The summed E-state index contributed by atoms with van der Waals surface area (Å²) in [7, 11) is 0. The molecule has 0 aliphatic carbocycles. The molecule has 1 atom stereocenters. The van der Waals surface area contributed by atoms with Crippen molar-refractivity contribution in [3.8, 4) is 0 Å². The van der Waals surface area contributed by atoms with Crippen molar-refractivity contribution in [3.63, 3.8) is 0 Å². The van der Waals surface area contributed by atoms with E-state index in [0.29, 0.717) is 13.2 Å². The molecule has 1 aliphatic rings. The van der Waals surface area contributed by atoms with Crippen LogP contribution in [-0.2, 0) is 19.1 Å². The predicted octanol–water partition coefficient (Wildman–Crippen LogP) is -0.155. The minimum absolute atomic E-state index is 0.0769. The van der Waals surface area contributed by atoms with E-state index in [9.17, 15) is 9.59 Å². The molecule has 0 saturated carbocycles. The molecule has 80 valence electrons. The summed E-state index contributed by atoms with van der Waals surface area (Å²) in [6, 6.07) is 0. The highest BCUT2D eigenvalue weighted by atomic mass is 16.5. The van der Waals surface area contributed by atoms with Crippen LogP contribution in [-0.4, -0.2) is 37.7 Å². The zero-order valence-electron chi connectivity index (χ0n) is 8.25. The first kappa shape index (κ1) is 11.0. The summed E-state index contributed by atoms with van der Waals surface area (Å²) in [6.45, 7) is 2.60. The Labute approximate surface area is 82.8 Å². The average Bonchev–Trinajstić information content (AvgIpc) is 2.67. The normalized spacial score (nSPS) is 20.5. The van der Waals surface area contributed by atoms with Crippen LogP contribution in [0.3, 0.4) is 0 Å². The van der Waals surface area contributed by atoms with Crippen LogP contribution in [0.4, 0.5) is 0 Å². The minimum atomic E-state index is -0.418. The maximum atomic E-state index is 11.3. The molecule has 1 fully saturated rings. The van der Waals surface area contributed by atoms with Crippen LogP contribution in [0.1, 0.15) is 19.8 Å². The summed E-state index contributed by atoms with van der Waals surface area (Å²) in [5.41, 5.74) is 0. The Kier molecular flexibility index (Phi) is 4.39. The number of amides is 1. The Balaban J connectivity index is 2.17. The van der Waals surface area contributed by atoms with Gasteiger partial charge in [-0.3, -0.25) is 9.59 Å². The van der Waals surface area contributed by atoms with Crippen LogP contribution in [0.25, 0.3) is 0 Å². The van der Waals surface area contributed by atoms with E-state index in [1.54, 1.807) is 6.92 Å². The molecule has 0 unspecified atom stereocenters. The van der Waals surface area contributed by atoms with E-state index >= 15 is 0 Å².